The number of nitrogens with zero attached hydrogens (tertiary/aromatic N) is 1. The van der Waals surface area contributed by atoms with E-state index in [-0.39, 0.29) is 31.3 Å². The quantitative estimate of drug-likeness (QED) is 0.514. The molecular weight excluding hydrogens is 444 g/mol. The number of hydrogen-bond acceptors (Lipinski definition) is 6. The van der Waals surface area contributed by atoms with E-state index in [2.05, 4.69) is 4.72 Å². The molecule has 1 amide bonds. The zero-order valence-electron chi connectivity index (χ0n) is 19.6. The number of amides is 1. The number of benzene rings is 2. The summed E-state index contributed by atoms with van der Waals surface area (Å²) in [4.78, 5) is 14.2. The monoisotopic (exact) mass is 478 g/mol. The Bertz CT molecular complexity index is 961. The molecule has 0 aliphatic rings. The van der Waals surface area contributed by atoms with Crippen LogP contribution in [0.4, 0.5) is 4.79 Å². The van der Waals surface area contributed by atoms with Gasteiger partial charge in [-0.25, -0.2) is 17.9 Å². The number of sulfonamides is 1. The van der Waals surface area contributed by atoms with Gasteiger partial charge in [0.25, 0.3) is 0 Å². The van der Waals surface area contributed by atoms with Crippen molar-refractivity contribution in [1.29, 1.82) is 0 Å². The Kier molecular flexibility index (Phi) is 9.85. The van der Waals surface area contributed by atoms with Crippen molar-refractivity contribution in [2.75, 3.05) is 19.8 Å². The van der Waals surface area contributed by atoms with E-state index in [0.717, 1.165) is 5.56 Å². The molecule has 0 unspecified atom stereocenters. The summed E-state index contributed by atoms with van der Waals surface area (Å²) in [6, 6.07) is 16.1. The molecule has 0 fully saturated rings. The second-order valence-corrected chi connectivity index (χ2v) is 10.5. The summed E-state index contributed by atoms with van der Waals surface area (Å²) in [6.45, 7) is 6.84. The Morgan fingerprint density at radius 1 is 1.06 bits per heavy atom. The Morgan fingerprint density at radius 2 is 1.64 bits per heavy atom. The minimum Gasteiger partial charge on any atom is -0.444 e. The zero-order chi connectivity index (χ0) is 24.5. The summed E-state index contributed by atoms with van der Waals surface area (Å²) >= 11 is 0. The van der Waals surface area contributed by atoms with Crippen LogP contribution in [-0.4, -0.2) is 62.0 Å². The molecule has 182 valence electrons. The molecule has 0 saturated carbocycles. The van der Waals surface area contributed by atoms with Gasteiger partial charge in [0.2, 0.25) is 10.0 Å². The van der Waals surface area contributed by atoms with Crippen molar-refractivity contribution in [3.8, 4) is 0 Å². The minimum absolute atomic E-state index is 0.0123. The molecule has 8 nitrogen and oxygen atoms in total. The number of aliphatic hydroxyl groups is 1. The highest BCUT2D eigenvalue weighted by molar-refractivity contribution is 7.89. The van der Waals surface area contributed by atoms with Gasteiger partial charge < -0.3 is 19.5 Å². The predicted octanol–water partition coefficient (Wildman–Crippen LogP) is 3.17. The van der Waals surface area contributed by atoms with Crippen LogP contribution < -0.4 is 4.72 Å². The first-order valence-corrected chi connectivity index (χ1v) is 12.3. The van der Waals surface area contributed by atoms with E-state index in [9.17, 15) is 18.3 Å². The lowest BCUT2D eigenvalue weighted by atomic mass is 10.2. The van der Waals surface area contributed by atoms with Crippen LogP contribution in [0.3, 0.4) is 0 Å². The lowest BCUT2D eigenvalue weighted by Crippen LogP contribution is -2.52. The number of nitrogens with one attached hydrogen (secondary N) is 1. The van der Waals surface area contributed by atoms with Crippen molar-refractivity contribution in [2.45, 2.75) is 56.9 Å². The Labute approximate surface area is 196 Å². The molecule has 0 aromatic heterocycles. The van der Waals surface area contributed by atoms with Crippen molar-refractivity contribution in [3.63, 3.8) is 0 Å². The Morgan fingerprint density at radius 3 is 2.18 bits per heavy atom. The molecule has 2 N–H and O–H groups in total. The minimum atomic E-state index is -3.86. The van der Waals surface area contributed by atoms with Crippen molar-refractivity contribution in [3.05, 3.63) is 66.2 Å². The van der Waals surface area contributed by atoms with Gasteiger partial charge in [-0.05, 0) is 45.4 Å². The third-order valence-corrected chi connectivity index (χ3v) is 6.18. The molecular formula is C24H34N2O6S. The molecule has 0 heterocycles. The molecule has 33 heavy (non-hydrogen) atoms. The molecule has 2 aromatic carbocycles. The largest absolute Gasteiger partial charge is 0.444 e. The third kappa shape index (κ3) is 9.13. The van der Waals surface area contributed by atoms with Gasteiger partial charge in [0.05, 0.1) is 36.8 Å². The number of ether oxygens (including phenoxy) is 2. The van der Waals surface area contributed by atoms with E-state index in [1.807, 2.05) is 30.3 Å². The maximum Gasteiger partial charge on any atom is 0.410 e. The van der Waals surface area contributed by atoms with Crippen LogP contribution >= 0.6 is 0 Å². The lowest BCUT2D eigenvalue weighted by molar-refractivity contribution is 0.00563. The fourth-order valence-corrected chi connectivity index (χ4v) is 4.23. The molecule has 0 saturated heterocycles. The van der Waals surface area contributed by atoms with Gasteiger partial charge >= 0.3 is 6.09 Å². The van der Waals surface area contributed by atoms with Crippen LogP contribution in [0.1, 0.15) is 33.3 Å². The maximum absolute atomic E-state index is 12.9. The highest BCUT2D eigenvalue weighted by atomic mass is 32.2. The summed E-state index contributed by atoms with van der Waals surface area (Å²) in [6.07, 6.45) is -0.643. The summed E-state index contributed by atoms with van der Waals surface area (Å²) in [5.74, 6) is 0. The van der Waals surface area contributed by atoms with Crippen LogP contribution in [0.15, 0.2) is 65.6 Å². The molecule has 0 aliphatic heterocycles. The molecule has 0 aliphatic carbocycles. The number of carbonyl (C=O) groups is 1. The topological polar surface area (TPSA) is 105 Å². The fourth-order valence-electron chi connectivity index (χ4n) is 3.00. The van der Waals surface area contributed by atoms with Crippen LogP contribution in [0.5, 0.6) is 0 Å². The number of rotatable bonds is 11. The van der Waals surface area contributed by atoms with Crippen molar-refractivity contribution >= 4 is 16.1 Å². The van der Waals surface area contributed by atoms with Crippen molar-refractivity contribution in [2.24, 2.45) is 0 Å². The molecule has 2 rings (SSSR count). The number of carbonyl (C=O) groups excluding carboxylic acids is 1. The SMILES string of the molecule is C[C@H](CO)N(C[C@H](COCc1ccccc1)NS(=O)(=O)c1ccccc1)C(=O)OC(C)(C)C. The summed E-state index contributed by atoms with van der Waals surface area (Å²) in [5, 5.41) is 9.68. The maximum atomic E-state index is 12.9. The van der Waals surface area contributed by atoms with Crippen LogP contribution in [0.2, 0.25) is 0 Å². The second kappa shape index (κ2) is 12.1. The van der Waals surface area contributed by atoms with Gasteiger partial charge in [0.15, 0.2) is 0 Å². The first kappa shape index (κ1) is 26.8. The van der Waals surface area contributed by atoms with Gasteiger partial charge in [-0.3, -0.25) is 0 Å². The lowest BCUT2D eigenvalue weighted by Gasteiger charge is -2.33. The van der Waals surface area contributed by atoms with Gasteiger partial charge in [0, 0.05) is 6.54 Å². The molecule has 0 bridgehead atoms. The average Bonchev–Trinajstić information content (AvgIpc) is 2.76. The predicted molar refractivity (Wildman–Crippen MR) is 126 cm³/mol. The van der Waals surface area contributed by atoms with Gasteiger partial charge in [-0.15, -0.1) is 0 Å². The highest BCUT2D eigenvalue weighted by Crippen LogP contribution is 2.15. The smallest absolute Gasteiger partial charge is 0.410 e. The van der Waals surface area contributed by atoms with Gasteiger partial charge in [0.1, 0.15) is 5.60 Å². The van der Waals surface area contributed by atoms with E-state index in [0.29, 0.717) is 0 Å². The third-order valence-electron chi connectivity index (χ3n) is 4.65. The molecule has 2 aromatic rings. The summed E-state index contributed by atoms with van der Waals surface area (Å²) in [7, 11) is -3.86. The molecule has 0 radical (unpaired) electrons. The van der Waals surface area contributed by atoms with E-state index in [1.165, 1.54) is 17.0 Å². The average molecular weight is 479 g/mol. The second-order valence-electron chi connectivity index (χ2n) is 8.80. The van der Waals surface area contributed by atoms with Crippen LogP contribution in [0.25, 0.3) is 0 Å². The molecule has 9 heteroatoms. The van der Waals surface area contributed by atoms with Gasteiger partial charge in [-0.1, -0.05) is 48.5 Å². The van der Waals surface area contributed by atoms with E-state index < -0.39 is 33.8 Å². The van der Waals surface area contributed by atoms with Crippen molar-refractivity contribution < 1.29 is 27.8 Å². The summed E-state index contributed by atoms with van der Waals surface area (Å²) < 4.78 is 39.8. The normalized spacial score (nSPS) is 13.8. The van der Waals surface area contributed by atoms with Crippen LogP contribution in [0, 0.1) is 0 Å². The summed E-state index contributed by atoms with van der Waals surface area (Å²) in [5.41, 5.74) is 0.197. The van der Waals surface area contributed by atoms with Gasteiger partial charge in [-0.2, -0.15) is 0 Å². The Hall–Kier alpha value is -2.46. The first-order valence-electron chi connectivity index (χ1n) is 10.8. The zero-order valence-corrected chi connectivity index (χ0v) is 20.4. The molecule has 2 atom stereocenters. The van der Waals surface area contributed by atoms with E-state index in [4.69, 9.17) is 9.47 Å². The fraction of sp³-hybridized carbons (Fsp3) is 0.458. The van der Waals surface area contributed by atoms with E-state index >= 15 is 0 Å². The molecule has 0 spiro atoms. The number of hydrogen-bond donors (Lipinski definition) is 2. The first-order chi connectivity index (χ1) is 15.5. The van der Waals surface area contributed by atoms with Crippen molar-refractivity contribution in [1.82, 2.24) is 9.62 Å². The number of aliphatic hydroxyl groups excluding tert-OH is 1. The van der Waals surface area contributed by atoms with E-state index in [1.54, 1.807) is 45.9 Å². The highest BCUT2D eigenvalue weighted by Gasteiger charge is 2.30. The van der Waals surface area contributed by atoms with Crippen LogP contribution in [-0.2, 0) is 26.1 Å². The Balaban J connectivity index is 2.21. The standard InChI is InChI=1S/C24H34N2O6S/c1-19(16-27)26(23(28)32-24(2,3)4)15-21(18-31-17-20-11-7-5-8-12-20)25-33(29,30)22-13-9-6-10-14-22/h5-14,19,21,25,27H,15-18H2,1-4H3/t19-,21-/m1/s1.